The van der Waals surface area contributed by atoms with Crippen LogP contribution in [0.2, 0.25) is 0 Å². The third-order valence-corrected chi connectivity index (χ3v) is 6.99. The molecule has 1 N–H and O–H groups in total. The van der Waals surface area contributed by atoms with Crippen molar-refractivity contribution in [2.24, 2.45) is 0 Å². The molecular weight excluding hydrogens is 430 g/mol. The highest BCUT2D eigenvalue weighted by molar-refractivity contribution is 5.81. The molecule has 0 saturated carbocycles. The number of hydrogen-bond acceptors (Lipinski definition) is 6. The monoisotopic (exact) mass is 461 g/mol. The SMILES string of the molecule is CC(=O)N1CCN(c2ccc3c(=O)n(C[C@H](O)CN4CCc5ccccc5C4)cnc3c2)CC1. The molecule has 1 aromatic heterocycles. The van der Waals surface area contributed by atoms with Gasteiger partial charge in [-0.05, 0) is 35.7 Å². The van der Waals surface area contributed by atoms with Crippen LogP contribution < -0.4 is 10.5 Å². The molecule has 8 nitrogen and oxygen atoms in total. The molecule has 8 heteroatoms. The van der Waals surface area contributed by atoms with Crippen LogP contribution in [0.4, 0.5) is 5.69 Å². The first-order valence-electron chi connectivity index (χ1n) is 11.9. The molecule has 3 heterocycles. The van der Waals surface area contributed by atoms with Crippen molar-refractivity contribution in [3.05, 3.63) is 70.3 Å². The lowest BCUT2D eigenvalue weighted by atomic mass is 10.00. The predicted molar refractivity (Wildman–Crippen MR) is 132 cm³/mol. The Morgan fingerprint density at radius 1 is 1.03 bits per heavy atom. The summed E-state index contributed by atoms with van der Waals surface area (Å²) in [6, 6.07) is 14.1. The van der Waals surface area contributed by atoms with E-state index in [1.165, 1.54) is 22.0 Å². The summed E-state index contributed by atoms with van der Waals surface area (Å²) in [4.78, 5) is 35.5. The van der Waals surface area contributed by atoms with Crippen LogP contribution in [0.1, 0.15) is 18.1 Å². The van der Waals surface area contributed by atoms with Crippen molar-refractivity contribution < 1.29 is 9.90 Å². The highest BCUT2D eigenvalue weighted by atomic mass is 16.3. The van der Waals surface area contributed by atoms with Gasteiger partial charge in [-0.15, -0.1) is 0 Å². The average molecular weight is 462 g/mol. The first kappa shape index (κ1) is 22.6. The van der Waals surface area contributed by atoms with E-state index in [1.54, 1.807) is 6.92 Å². The van der Waals surface area contributed by atoms with Gasteiger partial charge in [0.1, 0.15) is 0 Å². The maximum absolute atomic E-state index is 13.1. The highest BCUT2D eigenvalue weighted by Gasteiger charge is 2.21. The second-order valence-corrected chi connectivity index (χ2v) is 9.30. The number of aliphatic hydroxyl groups excluding tert-OH is 1. The molecule has 0 bridgehead atoms. The number of β-amino-alcohol motifs (C(OH)–C–C–N with tert-alkyl or cyclic N) is 1. The van der Waals surface area contributed by atoms with Crippen molar-refractivity contribution in [3.63, 3.8) is 0 Å². The Kier molecular flexibility index (Phi) is 6.34. The van der Waals surface area contributed by atoms with E-state index < -0.39 is 6.10 Å². The van der Waals surface area contributed by atoms with Gasteiger partial charge in [0.15, 0.2) is 0 Å². The van der Waals surface area contributed by atoms with Crippen molar-refractivity contribution in [1.29, 1.82) is 0 Å². The van der Waals surface area contributed by atoms with E-state index in [0.29, 0.717) is 30.5 Å². The smallest absolute Gasteiger partial charge is 0.261 e. The Bertz CT molecular complexity index is 1250. The number of amides is 1. The van der Waals surface area contributed by atoms with Gasteiger partial charge >= 0.3 is 0 Å². The quantitative estimate of drug-likeness (QED) is 0.620. The summed E-state index contributed by atoms with van der Waals surface area (Å²) < 4.78 is 1.51. The van der Waals surface area contributed by atoms with Gasteiger partial charge in [-0.2, -0.15) is 0 Å². The van der Waals surface area contributed by atoms with Crippen LogP contribution in [0.25, 0.3) is 10.9 Å². The van der Waals surface area contributed by atoms with Gasteiger partial charge in [-0.1, -0.05) is 24.3 Å². The zero-order valence-corrected chi connectivity index (χ0v) is 19.6. The maximum Gasteiger partial charge on any atom is 0.261 e. The minimum atomic E-state index is -0.654. The van der Waals surface area contributed by atoms with Crippen molar-refractivity contribution >= 4 is 22.5 Å². The van der Waals surface area contributed by atoms with Crippen molar-refractivity contribution in [1.82, 2.24) is 19.4 Å². The molecule has 2 aliphatic heterocycles. The standard InChI is InChI=1S/C26H31N5O3/c1-19(32)29-10-12-30(13-11-29)22-6-7-24-25(14-22)27-18-31(26(24)34)17-23(33)16-28-9-8-20-4-2-3-5-21(20)15-28/h2-7,14,18,23,33H,8-13,15-17H2,1H3/t23-/m1/s1. The second-order valence-electron chi connectivity index (χ2n) is 9.30. The summed E-state index contributed by atoms with van der Waals surface area (Å²) in [6.07, 6.45) is 1.86. The molecule has 1 saturated heterocycles. The fraction of sp³-hybridized carbons (Fsp3) is 0.423. The lowest BCUT2D eigenvalue weighted by molar-refractivity contribution is -0.129. The first-order chi connectivity index (χ1) is 16.5. The molecule has 0 unspecified atom stereocenters. The van der Waals surface area contributed by atoms with Crippen molar-refractivity contribution in [2.75, 3.05) is 44.2 Å². The molecule has 3 aromatic rings. The van der Waals surface area contributed by atoms with E-state index in [1.807, 2.05) is 23.1 Å². The minimum absolute atomic E-state index is 0.104. The summed E-state index contributed by atoms with van der Waals surface area (Å²) in [5.74, 6) is 0.104. The molecule has 2 aliphatic rings. The number of carbonyl (C=O) groups is 1. The third-order valence-electron chi connectivity index (χ3n) is 6.99. The number of carbonyl (C=O) groups excluding carboxylic acids is 1. The number of nitrogens with zero attached hydrogens (tertiary/aromatic N) is 5. The molecule has 0 spiro atoms. The molecule has 0 aliphatic carbocycles. The number of aliphatic hydroxyl groups is 1. The number of aromatic nitrogens is 2. The van der Waals surface area contributed by atoms with Crippen molar-refractivity contribution in [3.8, 4) is 0 Å². The molecule has 178 valence electrons. The van der Waals surface area contributed by atoms with E-state index >= 15 is 0 Å². The molecule has 1 amide bonds. The van der Waals surface area contributed by atoms with Crippen LogP contribution in [0.5, 0.6) is 0 Å². The largest absolute Gasteiger partial charge is 0.390 e. The van der Waals surface area contributed by atoms with Crippen LogP contribution in [0, 0.1) is 0 Å². The highest BCUT2D eigenvalue weighted by Crippen LogP contribution is 2.21. The normalized spacial score (nSPS) is 17.6. The summed E-state index contributed by atoms with van der Waals surface area (Å²) in [5.41, 5.74) is 4.20. The Hall–Kier alpha value is -3.23. The van der Waals surface area contributed by atoms with E-state index in [-0.39, 0.29) is 18.0 Å². The Morgan fingerprint density at radius 2 is 1.79 bits per heavy atom. The Balaban J connectivity index is 1.25. The topological polar surface area (TPSA) is 81.9 Å². The lowest BCUT2D eigenvalue weighted by Crippen LogP contribution is -2.48. The third kappa shape index (κ3) is 4.69. The van der Waals surface area contributed by atoms with Gasteiger partial charge in [-0.3, -0.25) is 19.1 Å². The Labute approximate surface area is 199 Å². The number of rotatable bonds is 5. The number of fused-ring (bicyclic) bond motifs is 2. The van der Waals surface area contributed by atoms with Crippen LogP contribution in [-0.4, -0.2) is 75.7 Å². The van der Waals surface area contributed by atoms with Gasteiger partial charge < -0.3 is 14.9 Å². The van der Waals surface area contributed by atoms with E-state index in [2.05, 4.69) is 39.0 Å². The fourth-order valence-corrected chi connectivity index (χ4v) is 5.05. The van der Waals surface area contributed by atoms with Crippen molar-refractivity contribution in [2.45, 2.75) is 32.5 Å². The number of anilines is 1. The Morgan fingerprint density at radius 3 is 2.56 bits per heavy atom. The predicted octanol–water partition coefficient (Wildman–Crippen LogP) is 1.48. The van der Waals surface area contributed by atoms with Crippen LogP contribution in [-0.2, 0) is 24.3 Å². The molecule has 5 rings (SSSR count). The van der Waals surface area contributed by atoms with Gasteiger partial charge in [0.25, 0.3) is 5.56 Å². The molecule has 1 atom stereocenters. The minimum Gasteiger partial charge on any atom is -0.390 e. The molecule has 2 aromatic carbocycles. The van der Waals surface area contributed by atoms with Gasteiger partial charge in [0, 0.05) is 58.4 Å². The zero-order valence-electron chi connectivity index (χ0n) is 19.6. The maximum atomic E-state index is 13.1. The second kappa shape index (κ2) is 9.56. The molecule has 34 heavy (non-hydrogen) atoms. The summed E-state index contributed by atoms with van der Waals surface area (Å²) in [6.45, 7) is 6.97. The average Bonchev–Trinajstić information content (AvgIpc) is 2.85. The fourth-order valence-electron chi connectivity index (χ4n) is 5.05. The first-order valence-corrected chi connectivity index (χ1v) is 11.9. The molecule has 0 radical (unpaired) electrons. The zero-order chi connectivity index (χ0) is 23.7. The molecular formula is C26H31N5O3. The van der Waals surface area contributed by atoms with Gasteiger partial charge in [0.05, 0.1) is 29.9 Å². The van der Waals surface area contributed by atoms with Crippen LogP contribution in [0.3, 0.4) is 0 Å². The number of hydrogen-bond donors (Lipinski definition) is 1. The van der Waals surface area contributed by atoms with E-state index in [0.717, 1.165) is 38.3 Å². The van der Waals surface area contributed by atoms with E-state index in [9.17, 15) is 14.7 Å². The van der Waals surface area contributed by atoms with Gasteiger partial charge in [-0.25, -0.2) is 4.98 Å². The number of benzene rings is 2. The molecule has 1 fully saturated rings. The van der Waals surface area contributed by atoms with E-state index in [4.69, 9.17) is 0 Å². The van der Waals surface area contributed by atoms with Crippen LogP contribution in [0.15, 0.2) is 53.6 Å². The lowest BCUT2D eigenvalue weighted by Gasteiger charge is -2.35. The summed E-state index contributed by atoms with van der Waals surface area (Å²) in [5, 5.41) is 11.3. The summed E-state index contributed by atoms with van der Waals surface area (Å²) >= 11 is 0. The summed E-state index contributed by atoms with van der Waals surface area (Å²) in [7, 11) is 0. The van der Waals surface area contributed by atoms with Gasteiger partial charge in [0.2, 0.25) is 5.91 Å². The van der Waals surface area contributed by atoms with Crippen LogP contribution >= 0.6 is 0 Å². The number of piperazine rings is 1.